The van der Waals surface area contributed by atoms with E-state index in [1.54, 1.807) is 10.9 Å². The molecular formula is C11H19N3O2. The first-order valence-corrected chi connectivity index (χ1v) is 5.44. The van der Waals surface area contributed by atoms with Gasteiger partial charge >= 0.3 is 5.97 Å². The summed E-state index contributed by atoms with van der Waals surface area (Å²) in [5.74, 6) is -0.809. The van der Waals surface area contributed by atoms with E-state index in [2.05, 4.69) is 10.4 Å². The number of rotatable bonds is 5. The first-order valence-electron chi connectivity index (χ1n) is 5.44. The number of carboxylic acids is 1. The number of hydrogen-bond donors (Lipinski definition) is 2. The molecule has 0 aliphatic carbocycles. The van der Waals surface area contributed by atoms with Crippen LogP contribution in [0.3, 0.4) is 0 Å². The Labute approximate surface area is 95.5 Å². The number of aromatic nitrogens is 2. The van der Waals surface area contributed by atoms with Crippen molar-refractivity contribution in [2.75, 3.05) is 0 Å². The summed E-state index contributed by atoms with van der Waals surface area (Å²) < 4.78 is 1.79. The zero-order chi connectivity index (χ0) is 12.3. The van der Waals surface area contributed by atoms with Gasteiger partial charge in [0.25, 0.3) is 0 Å². The van der Waals surface area contributed by atoms with Gasteiger partial charge in [-0.05, 0) is 20.3 Å². The van der Waals surface area contributed by atoms with E-state index in [1.165, 1.54) is 0 Å². The van der Waals surface area contributed by atoms with Crippen molar-refractivity contribution in [1.82, 2.24) is 15.1 Å². The maximum Gasteiger partial charge on any atom is 0.320 e. The minimum atomic E-state index is -0.809. The molecule has 0 saturated heterocycles. The zero-order valence-electron chi connectivity index (χ0n) is 10.2. The van der Waals surface area contributed by atoms with Crippen LogP contribution in [0.15, 0.2) is 6.20 Å². The van der Waals surface area contributed by atoms with Gasteiger partial charge in [-0.1, -0.05) is 6.92 Å². The Bertz CT molecular complexity index is 373. The predicted octanol–water partition coefficient (Wildman–Crippen LogP) is 1.24. The molecule has 0 aliphatic heterocycles. The highest BCUT2D eigenvalue weighted by atomic mass is 16.4. The van der Waals surface area contributed by atoms with Crippen molar-refractivity contribution in [3.05, 3.63) is 17.5 Å². The van der Waals surface area contributed by atoms with Gasteiger partial charge in [-0.3, -0.25) is 14.8 Å². The summed E-state index contributed by atoms with van der Waals surface area (Å²) in [7, 11) is 1.88. The lowest BCUT2D eigenvalue weighted by molar-refractivity contribution is -0.139. The van der Waals surface area contributed by atoms with Gasteiger partial charge in [0.15, 0.2) is 0 Å². The van der Waals surface area contributed by atoms with Crippen molar-refractivity contribution in [3.63, 3.8) is 0 Å². The predicted molar refractivity (Wildman–Crippen MR) is 61.2 cm³/mol. The van der Waals surface area contributed by atoms with Crippen LogP contribution in [0, 0.1) is 6.92 Å². The van der Waals surface area contributed by atoms with Crippen LogP contribution >= 0.6 is 0 Å². The fourth-order valence-electron chi connectivity index (χ4n) is 1.70. The first-order chi connectivity index (χ1) is 7.47. The van der Waals surface area contributed by atoms with Gasteiger partial charge < -0.3 is 5.11 Å². The molecule has 5 nitrogen and oxygen atoms in total. The quantitative estimate of drug-likeness (QED) is 0.791. The molecular weight excluding hydrogens is 206 g/mol. The summed E-state index contributed by atoms with van der Waals surface area (Å²) in [6, 6.07) is -0.510. The van der Waals surface area contributed by atoms with E-state index in [-0.39, 0.29) is 6.04 Å². The molecule has 0 fully saturated rings. The summed E-state index contributed by atoms with van der Waals surface area (Å²) >= 11 is 0. The highest BCUT2D eigenvalue weighted by Crippen LogP contribution is 2.17. The third kappa shape index (κ3) is 2.61. The average Bonchev–Trinajstić information content (AvgIpc) is 2.55. The minimum Gasteiger partial charge on any atom is -0.480 e. The molecule has 0 radical (unpaired) electrons. The molecule has 0 spiro atoms. The molecule has 16 heavy (non-hydrogen) atoms. The molecule has 90 valence electrons. The van der Waals surface area contributed by atoms with Crippen molar-refractivity contribution in [3.8, 4) is 0 Å². The summed E-state index contributed by atoms with van der Waals surface area (Å²) in [6.07, 6.45) is 2.35. The van der Waals surface area contributed by atoms with E-state index >= 15 is 0 Å². The molecule has 1 heterocycles. The Balaban J connectivity index is 2.75. The Morgan fingerprint density at radius 2 is 2.31 bits per heavy atom. The molecule has 2 atom stereocenters. The number of nitrogens with zero attached hydrogens (tertiary/aromatic N) is 2. The Kier molecular flexibility index (Phi) is 4.06. The molecule has 0 saturated carbocycles. The Morgan fingerprint density at radius 3 is 2.69 bits per heavy atom. The summed E-state index contributed by atoms with van der Waals surface area (Å²) in [5, 5.41) is 16.2. The second-order valence-corrected chi connectivity index (χ2v) is 4.00. The standard InChI is InChI=1S/C11H19N3O2/c1-5-10(11(15)16)13-7(2)9-6-12-14(4)8(9)3/h6-7,10,13H,5H2,1-4H3,(H,15,16). The van der Waals surface area contributed by atoms with Crippen LogP contribution in [-0.2, 0) is 11.8 Å². The average molecular weight is 225 g/mol. The van der Waals surface area contributed by atoms with Crippen molar-refractivity contribution in [2.24, 2.45) is 7.05 Å². The Morgan fingerprint density at radius 1 is 1.69 bits per heavy atom. The summed E-state index contributed by atoms with van der Waals surface area (Å²) in [5.41, 5.74) is 2.10. The van der Waals surface area contributed by atoms with Gasteiger partial charge in [0.2, 0.25) is 0 Å². The van der Waals surface area contributed by atoms with Gasteiger partial charge in [0.05, 0.1) is 6.20 Å². The van der Waals surface area contributed by atoms with Gasteiger partial charge in [0.1, 0.15) is 6.04 Å². The number of nitrogens with one attached hydrogen (secondary N) is 1. The highest BCUT2D eigenvalue weighted by Gasteiger charge is 2.20. The first kappa shape index (κ1) is 12.7. The smallest absolute Gasteiger partial charge is 0.320 e. The third-order valence-electron chi connectivity index (χ3n) is 2.90. The van der Waals surface area contributed by atoms with Crippen molar-refractivity contribution >= 4 is 5.97 Å². The van der Waals surface area contributed by atoms with E-state index < -0.39 is 12.0 Å². The summed E-state index contributed by atoms with van der Waals surface area (Å²) in [4.78, 5) is 10.9. The monoisotopic (exact) mass is 225 g/mol. The van der Waals surface area contributed by atoms with Gasteiger partial charge in [-0.2, -0.15) is 5.10 Å². The number of carboxylic acid groups (broad SMARTS) is 1. The number of aliphatic carboxylic acids is 1. The van der Waals surface area contributed by atoms with Gasteiger partial charge in [0, 0.05) is 24.3 Å². The van der Waals surface area contributed by atoms with Gasteiger partial charge in [-0.25, -0.2) is 0 Å². The van der Waals surface area contributed by atoms with E-state index in [0.29, 0.717) is 6.42 Å². The van der Waals surface area contributed by atoms with Crippen molar-refractivity contribution < 1.29 is 9.90 Å². The van der Waals surface area contributed by atoms with E-state index in [4.69, 9.17) is 5.11 Å². The Hall–Kier alpha value is -1.36. The molecule has 2 N–H and O–H groups in total. The molecule has 0 amide bonds. The maximum atomic E-state index is 10.9. The lowest BCUT2D eigenvalue weighted by atomic mass is 10.1. The number of carbonyl (C=O) groups is 1. The molecule has 0 bridgehead atoms. The van der Waals surface area contributed by atoms with E-state index in [9.17, 15) is 4.79 Å². The van der Waals surface area contributed by atoms with Crippen molar-refractivity contribution in [1.29, 1.82) is 0 Å². The second kappa shape index (κ2) is 5.12. The van der Waals surface area contributed by atoms with Crippen LogP contribution in [0.25, 0.3) is 0 Å². The molecule has 1 aromatic heterocycles. The fraction of sp³-hybridized carbons (Fsp3) is 0.636. The lowest BCUT2D eigenvalue weighted by Crippen LogP contribution is -2.37. The van der Waals surface area contributed by atoms with Crippen LogP contribution < -0.4 is 5.32 Å². The largest absolute Gasteiger partial charge is 0.480 e. The van der Waals surface area contributed by atoms with Crippen LogP contribution in [0.4, 0.5) is 0 Å². The fourth-order valence-corrected chi connectivity index (χ4v) is 1.70. The second-order valence-electron chi connectivity index (χ2n) is 4.00. The molecule has 0 aromatic carbocycles. The van der Waals surface area contributed by atoms with Gasteiger partial charge in [-0.15, -0.1) is 0 Å². The maximum absolute atomic E-state index is 10.9. The highest BCUT2D eigenvalue weighted by molar-refractivity contribution is 5.73. The van der Waals surface area contributed by atoms with E-state index in [0.717, 1.165) is 11.3 Å². The van der Waals surface area contributed by atoms with Crippen molar-refractivity contribution in [2.45, 2.75) is 39.3 Å². The number of hydrogen-bond acceptors (Lipinski definition) is 3. The molecule has 1 aromatic rings. The van der Waals surface area contributed by atoms with E-state index in [1.807, 2.05) is 27.8 Å². The normalized spacial score (nSPS) is 14.8. The van der Waals surface area contributed by atoms with Crippen LogP contribution in [0.1, 0.15) is 37.6 Å². The van der Waals surface area contributed by atoms with Crippen LogP contribution in [-0.4, -0.2) is 26.9 Å². The SMILES string of the molecule is CCC(NC(C)c1cnn(C)c1C)C(=O)O. The summed E-state index contributed by atoms with van der Waals surface area (Å²) in [6.45, 7) is 5.78. The number of aryl methyl sites for hydroxylation is 1. The molecule has 1 rings (SSSR count). The molecule has 5 heteroatoms. The third-order valence-corrected chi connectivity index (χ3v) is 2.90. The zero-order valence-corrected chi connectivity index (χ0v) is 10.2. The van der Waals surface area contributed by atoms with Crippen LogP contribution in [0.2, 0.25) is 0 Å². The minimum absolute atomic E-state index is 0.00486. The van der Waals surface area contributed by atoms with Crippen LogP contribution in [0.5, 0.6) is 0 Å². The molecule has 0 aliphatic rings. The molecule has 2 unspecified atom stereocenters. The topological polar surface area (TPSA) is 67.2 Å². The lowest BCUT2D eigenvalue weighted by Gasteiger charge is -2.18.